The van der Waals surface area contributed by atoms with Crippen molar-refractivity contribution in [3.05, 3.63) is 106 Å². The van der Waals surface area contributed by atoms with Crippen LogP contribution in [0.15, 0.2) is 78.9 Å². The van der Waals surface area contributed by atoms with Crippen molar-refractivity contribution in [3.63, 3.8) is 0 Å². The lowest BCUT2D eigenvalue weighted by Gasteiger charge is -2.36. The molecule has 0 atom stereocenters. The normalized spacial score (nSPS) is 13.8. The van der Waals surface area contributed by atoms with Gasteiger partial charge in [0.15, 0.2) is 0 Å². The van der Waals surface area contributed by atoms with E-state index in [-0.39, 0.29) is 5.91 Å². The quantitative estimate of drug-likeness (QED) is 0.299. The van der Waals surface area contributed by atoms with Gasteiger partial charge in [0.1, 0.15) is 0 Å². The number of carbonyl (C=O) groups is 1. The van der Waals surface area contributed by atoms with Crippen LogP contribution in [-0.2, 0) is 0 Å². The molecule has 1 aliphatic rings. The second kappa shape index (κ2) is 9.80. The standard InChI is InChI=1S/C29H27Cl2N3O/c1-20-7-13-24(14-8-20)34-21(2)25(19-28(34)22-9-11-23(30)12-10-22)29(35)33-17-15-32(16-18-33)27-6-4-3-5-26(27)31/h3-14,19H,15-18H2,1-2H3. The Kier molecular flexibility index (Phi) is 6.59. The van der Waals surface area contributed by atoms with E-state index in [1.54, 1.807) is 0 Å². The minimum absolute atomic E-state index is 0.0578. The van der Waals surface area contributed by atoms with Crippen LogP contribution in [0.3, 0.4) is 0 Å². The minimum Gasteiger partial charge on any atom is -0.367 e. The monoisotopic (exact) mass is 503 g/mol. The molecular formula is C29H27Cl2N3O. The van der Waals surface area contributed by atoms with Crippen LogP contribution in [0.25, 0.3) is 16.9 Å². The molecule has 0 spiro atoms. The predicted molar refractivity (Wildman–Crippen MR) is 145 cm³/mol. The Morgan fingerprint density at radius 2 is 1.46 bits per heavy atom. The van der Waals surface area contributed by atoms with E-state index in [0.717, 1.165) is 52.0 Å². The number of hydrogen-bond acceptors (Lipinski definition) is 2. The summed E-state index contributed by atoms with van der Waals surface area (Å²) >= 11 is 12.5. The summed E-state index contributed by atoms with van der Waals surface area (Å²) in [4.78, 5) is 17.9. The van der Waals surface area contributed by atoms with Crippen LogP contribution in [0.4, 0.5) is 5.69 Å². The third-order valence-corrected chi connectivity index (χ3v) is 7.24. The third kappa shape index (κ3) is 4.69. The molecule has 5 rings (SSSR count). The lowest BCUT2D eigenvalue weighted by Crippen LogP contribution is -2.49. The lowest BCUT2D eigenvalue weighted by molar-refractivity contribution is 0.0746. The zero-order valence-electron chi connectivity index (χ0n) is 19.8. The number of hydrogen-bond donors (Lipinski definition) is 0. The lowest BCUT2D eigenvalue weighted by atomic mass is 10.1. The fraction of sp³-hybridized carbons (Fsp3) is 0.207. The summed E-state index contributed by atoms with van der Waals surface area (Å²) in [5.74, 6) is 0.0578. The van der Waals surface area contributed by atoms with Crippen molar-refractivity contribution in [2.45, 2.75) is 13.8 Å². The maximum absolute atomic E-state index is 13.7. The van der Waals surface area contributed by atoms with Gasteiger partial charge < -0.3 is 14.4 Å². The number of anilines is 1. The van der Waals surface area contributed by atoms with E-state index in [0.29, 0.717) is 18.1 Å². The maximum atomic E-state index is 13.7. The first kappa shape index (κ1) is 23.5. The van der Waals surface area contributed by atoms with E-state index in [2.05, 4.69) is 40.7 Å². The molecule has 35 heavy (non-hydrogen) atoms. The molecule has 0 radical (unpaired) electrons. The molecule has 0 aliphatic carbocycles. The van der Waals surface area contributed by atoms with Gasteiger partial charge in [-0.3, -0.25) is 4.79 Å². The SMILES string of the molecule is Cc1ccc(-n2c(-c3ccc(Cl)cc3)cc(C(=O)N3CCN(c4ccccc4Cl)CC3)c2C)cc1. The maximum Gasteiger partial charge on any atom is 0.255 e. The fourth-order valence-electron chi connectivity index (χ4n) is 4.71. The summed E-state index contributed by atoms with van der Waals surface area (Å²) < 4.78 is 2.16. The number of nitrogens with zero attached hydrogens (tertiary/aromatic N) is 3. The highest BCUT2D eigenvalue weighted by atomic mass is 35.5. The molecule has 1 saturated heterocycles. The molecule has 0 N–H and O–H groups in total. The Labute approximate surface area is 216 Å². The van der Waals surface area contributed by atoms with E-state index < -0.39 is 0 Å². The number of piperazine rings is 1. The molecule has 6 heteroatoms. The van der Waals surface area contributed by atoms with Crippen molar-refractivity contribution in [3.8, 4) is 16.9 Å². The fourth-order valence-corrected chi connectivity index (χ4v) is 5.09. The van der Waals surface area contributed by atoms with Crippen LogP contribution in [0, 0.1) is 13.8 Å². The topological polar surface area (TPSA) is 28.5 Å². The Hall–Kier alpha value is -3.21. The van der Waals surface area contributed by atoms with Crippen LogP contribution in [0.1, 0.15) is 21.6 Å². The van der Waals surface area contributed by atoms with Gasteiger partial charge in [-0.2, -0.15) is 0 Å². The van der Waals surface area contributed by atoms with Crippen LogP contribution < -0.4 is 4.90 Å². The molecule has 1 fully saturated rings. The number of benzene rings is 3. The van der Waals surface area contributed by atoms with Crippen LogP contribution in [-0.4, -0.2) is 41.6 Å². The van der Waals surface area contributed by atoms with Crippen molar-refractivity contribution in [1.82, 2.24) is 9.47 Å². The molecule has 2 heterocycles. The molecule has 178 valence electrons. The summed E-state index contributed by atoms with van der Waals surface area (Å²) in [5.41, 5.74) is 6.88. The number of aromatic nitrogens is 1. The highest BCUT2D eigenvalue weighted by Crippen LogP contribution is 2.32. The van der Waals surface area contributed by atoms with Crippen molar-refractivity contribution in [2.24, 2.45) is 0 Å². The molecule has 0 bridgehead atoms. The highest BCUT2D eigenvalue weighted by Gasteiger charge is 2.27. The second-order valence-corrected chi connectivity index (χ2v) is 9.78. The smallest absolute Gasteiger partial charge is 0.255 e. The summed E-state index contributed by atoms with van der Waals surface area (Å²) in [7, 11) is 0. The molecular weight excluding hydrogens is 477 g/mol. The van der Waals surface area contributed by atoms with Gasteiger partial charge in [-0.1, -0.05) is 65.2 Å². The zero-order chi connectivity index (χ0) is 24.5. The van der Waals surface area contributed by atoms with Gasteiger partial charge in [-0.05, 0) is 61.9 Å². The van der Waals surface area contributed by atoms with E-state index in [9.17, 15) is 4.79 Å². The average Bonchev–Trinajstić information content (AvgIpc) is 3.22. The average molecular weight is 504 g/mol. The number of rotatable bonds is 4. The Balaban J connectivity index is 1.46. The van der Waals surface area contributed by atoms with Gasteiger partial charge in [0.25, 0.3) is 5.91 Å². The van der Waals surface area contributed by atoms with Gasteiger partial charge in [0.2, 0.25) is 0 Å². The molecule has 0 saturated carbocycles. The molecule has 1 aromatic heterocycles. The number of amides is 1. The first-order valence-electron chi connectivity index (χ1n) is 11.8. The zero-order valence-corrected chi connectivity index (χ0v) is 21.4. The van der Waals surface area contributed by atoms with Gasteiger partial charge >= 0.3 is 0 Å². The molecule has 1 aliphatic heterocycles. The van der Waals surface area contributed by atoms with Crippen LogP contribution in [0.2, 0.25) is 10.0 Å². The number of carbonyl (C=O) groups excluding carboxylic acids is 1. The molecule has 4 nitrogen and oxygen atoms in total. The van der Waals surface area contributed by atoms with Gasteiger partial charge in [-0.15, -0.1) is 0 Å². The molecule has 4 aromatic rings. The molecule has 0 unspecified atom stereocenters. The number of aryl methyl sites for hydroxylation is 1. The van der Waals surface area contributed by atoms with Crippen molar-refractivity contribution >= 4 is 34.8 Å². The van der Waals surface area contributed by atoms with Crippen molar-refractivity contribution in [2.75, 3.05) is 31.1 Å². The molecule has 3 aromatic carbocycles. The second-order valence-electron chi connectivity index (χ2n) is 8.94. The summed E-state index contributed by atoms with van der Waals surface area (Å²) in [6.07, 6.45) is 0. The van der Waals surface area contributed by atoms with Crippen molar-refractivity contribution in [1.29, 1.82) is 0 Å². The van der Waals surface area contributed by atoms with Crippen LogP contribution >= 0.6 is 23.2 Å². The largest absolute Gasteiger partial charge is 0.367 e. The Morgan fingerprint density at radius 3 is 2.11 bits per heavy atom. The van der Waals surface area contributed by atoms with Crippen molar-refractivity contribution < 1.29 is 4.79 Å². The van der Waals surface area contributed by atoms with Gasteiger partial charge in [0, 0.05) is 42.6 Å². The highest BCUT2D eigenvalue weighted by molar-refractivity contribution is 6.33. The van der Waals surface area contributed by atoms with Crippen LogP contribution in [0.5, 0.6) is 0 Å². The summed E-state index contributed by atoms with van der Waals surface area (Å²) in [5, 5.41) is 1.43. The third-order valence-electron chi connectivity index (χ3n) is 6.67. The number of para-hydroxylation sites is 1. The van der Waals surface area contributed by atoms with Gasteiger partial charge in [-0.25, -0.2) is 0 Å². The van der Waals surface area contributed by atoms with E-state index >= 15 is 0 Å². The minimum atomic E-state index is 0.0578. The summed E-state index contributed by atoms with van der Waals surface area (Å²) in [6, 6.07) is 26.0. The molecule has 1 amide bonds. The Morgan fingerprint density at radius 1 is 0.800 bits per heavy atom. The Bertz CT molecular complexity index is 1350. The first-order chi connectivity index (χ1) is 16.9. The predicted octanol–water partition coefficient (Wildman–Crippen LogP) is 7.03. The van der Waals surface area contributed by atoms with Gasteiger partial charge in [0.05, 0.1) is 22.0 Å². The summed E-state index contributed by atoms with van der Waals surface area (Å²) in [6.45, 7) is 6.88. The number of halogens is 2. The first-order valence-corrected chi connectivity index (χ1v) is 12.5. The van der Waals surface area contributed by atoms with E-state index in [4.69, 9.17) is 23.2 Å². The van der Waals surface area contributed by atoms with E-state index in [1.165, 1.54) is 5.56 Å². The van der Waals surface area contributed by atoms with E-state index in [1.807, 2.05) is 66.4 Å².